The molecule has 3 aliphatic carbocycles. The molecule has 3 saturated carbocycles. The molecule has 0 spiro atoms. The first-order valence-electron chi connectivity index (χ1n) is 14.7. The number of ketones is 1. The van der Waals surface area contributed by atoms with Crippen molar-refractivity contribution in [2.75, 3.05) is 6.54 Å². The van der Waals surface area contributed by atoms with E-state index >= 15 is 0 Å². The van der Waals surface area contributed by atoms with E-state index in [4.69, 9.17) is 19.8 Å². The van der Waals surface area contributed by atoms with Crippen LogP contribution in [-0.4, -0.2) is 43.0 Å². The molecular formula is C32H43BN2O5. The SMILES string of the molecule is CC(C)C[C@H](NC(=O)[C@H](CN)CC(=O)c1ccc(Oc2ccccc2)cc1)B1O[C@@H]2C[C@H]3C[C@H](C3(C)C)[C@]2(C)O1. The summed E-state index contributed by atoms with van der Waals surface area (Å²) in [5.41, 5.74) is 6.44. The molecule has 0 radical (unpaired) electrons. The molecule has 2 aromatic carbocycles. The van der Waals surface area contributed by atoms with Gasteiger partial charge in [0.15, 0.2) is 5.78 Å². The van der Waals surface area contributed by atoms with Crippen LogP contribution in [0.15, 0.2) is 54.6 Å². The number of para-hydroxylation sites is 1. The van der Waals surface area contributed by atoms with E-state index in [-0.39, 0.29) is 47.7 Å². The van der Waals surface area contributed by atoms with Crippen LogP contribution in [0.1, 0.15) is 70.7 Å². The van der Waals surface area contributed by atoms with Crippen molar-refractivity contribution >= 4 is 18.8 Å². The fourth-order valence-electron chi connectivity index (χ4n) is 7.08. The maximum Gasteiger partial charge on any atom is 0.481 e. The molecule has 7 nitrogen and oxygen atoms in total. The number of Topliss-reactive ketones (excluding diaryl/α,β-unsaturated/α-hetero) is 1. The molecule has 1 heterocycles. The number of carbonyl (C=O) groups is 2. The van der Waals surface area contributed by atoms with Gasteiger partial charge >= 0.3 is 7.12 Å². The Bertz CT molecular complexity index is 1200. The third-order valence-electron chi connectivity index (χ3n) is 9.59. The molecule has 1 saturated heterocycles. The van der Waals surface area contributed by atoms with Crippen LogP contribution in [0, 0.1) is 29.1 Å². The van der Waals surface area contributed by atoms with Gasteiger partial charge in [0.1, 0.15) is 11.5 Å². The molecule has 214 valence electrons. The Morgan fingerprint density at radius 3 is 2.35 bits per heavy atom. The van der Waals surface area contributed by atoms with Crippen LogP contribution in [-0.2, 0) is 14.1 Å². The number of ether oxygens (including phenoxy) is 1. The average Bonchev–Trinajstić information content (AvgIpc) is 3.29. The Hall–Kier alpha value is -2.68. The maximum absolute atomic E-state index is 13.4. The highest BCUT2D eigenvalue weighted by Gasteiger charge is 2.68. The van der Waals surface area contributed by atoms with Crippen molar-refractivity contribution in [2.45, 2.75) is 77.9 Å². The van der Waals surface area contributed by atoms with Gasteiger partial charge in [-0.2, -0.15) is 0 Å². The van der Waals surface area contributed by atoms with Gasteiger partial charge < -0.3 is 25.1 Å². The summed E-state index contributed by atoms with van der Waals surface area (Å²) in [6.07, 6.45) is 2.95. The Kier molecular flexibility index (Phi) is 8.15. The zero-order chi connectivity index (χ0) is 28.7. The first-order valence-corrected chi connectivity index (χ1v) is 14.7. The normalized spacial score (nSPS) is 27.9. The van der Waals surface area contributed by atoms with Crippen molar-refractivity contribution < 1.29 is 23.6 Å². The van der Waals surface area contributed by atoms with Gasteiger partial charge in [-0.15, -0.1) is 0 Å². The third-order valence-corrected chi connectivity index (χ3v) is 9.59. The molecule has 1 aliphatic heterocycles. The second-order valence-electron chi connectivity index (χ2n) is 13.1. The van der Waals surface area contributed by atoms with Crippen LogP contribution in [0.3, 0.4) is 0 Å². The molecular weight excluding hydrogens is 503 g/mol. The minimum Gasteiger partial charge on any atom is -0.457 e. The third kappa shape index (κ3) is 5.59. The van der Waals surface area contributed by atoms with Gasteiger partial charge in [0, 0.05) is 18.5 Å². The lowest BCUT2D eigenvalue weighted by Gasteiger charge is -2.64. The fraction of sp³-hybridized carbons (Fsp3) is 0.562. The van der Waals surface area contributed by atoms with Crippen molar-refractivity contribution in [1.82, 2.24) is 5.32 Å². The largest absolute Gasteiger partial charge is 0.481 e. The molecule has 3 N–H and O–H groups in total. The number of rotatable bonds is 11. The highest BCUT2D eigenvalue weighted by atomic mass is 16.7. The topological polar surface area (TPSA) is 99.9 Å². The van der Waals surface area contributed by atoms with Gasteiger partial charge in [-0.05, 0) is 85.8 Å². The van der Waals surface area contributed by atoms with E-state index in [1.165, 1.54) is 6.42 Å². The monoisotopic (exact) mass is 546 g/mol. The summed E-state index contributed by atoms with van der Waals surface area (Å²) in [6.45, 7) is 11.2. The van der Waals surface area contributed by atoms with Crippen molar-refractivity contribution in [2.24, 2.45) is 34.8 Å². The summed E-state index contributed by atoms with van der Waals surface area (Å²) < 4.78 is 19.0. The van der Waals surface area contributed by atoms with E-state index in [2.05, 4.69) is 39.9 Å². The molecule has 8 heteroatoms. The molecule has 6 atom stereocenters. The van der Waals surface area contributed by atoms with Gasteiger partial charge in [-0.3, -0.25) is 9.59 Å². The summed E-state index contributed by atoms with van der Waals surface area (Å²) >= 11 is 0. The van der Waals surface area contributed by atoms with Gasteiger partial charge in [-0.1, -0.05) is 45.9 Å². The van der Waals surface area contributed by atoms with Crippen molar-refractivity contribution in [1.29, 1.82) is 0 Å². The molecule has 40 heavy (non-hydrogen) atoms. The molecule has 0 unspecified atom stereocenters. The number of benzene rings is 2. The second kappa shape index (κ2) is 11.3. The van der Waals surface area contributed by atoms with Gasteiger partial charge in [0.2, 0.25) is 5.91 Å². The first-order chi connectivity index (χ1) is 19.0. The number of hydrogen-bond acceptors (Lipinski definition) is 6. The molecule has 0 aromatic heterocycles. The van der Waals surface area contributed by atoms with E-state index in [9.17, 15) is 9.59 Å². The molecule has 1 amide bonds. The van der Waals surface area contributed by atoms with Crippen molar-refractivity contribution in [3.05, 3.63) is 60.2 Å². The molecule has 4 aliphatic rings. The lowest BCUT2D eigenvalue weighted by Crippen LogP contribution is -2.65. The predicted octanol–water partition coefficient (Wildman–Crippen LogP) is 5.43. The Labute approximate surface area is 238 Å². The zero-order valence-corrected chi connectivity index (χ0v) is 24.4. The molecule has 4 fully saturated rings. The first kappa shape index (κ1) is 28.8. The van der Waals surface area contributed by atoms with E-state index in [0.717, 1.165) is 12.2 Å². The Balaban J connectivity index is 1.21. The van der Waals surface area contributed by atoms with Crippen LogP contribution in [0.5, 0.6) is 11.5 Å². The predicted molar refractivity (Wildman–Crippen MR) is 156 cm³/mol. The fourth-order valence-corrected chi connectivity index (χ4v) is 7.08. The maximum atomic E-state index is 13.4. The van der Waals surface area contributed by atoms with Crippen LogP contribution in [0.4, 0.5) is 0 Å². The number of hydrogen-bond donors (Lipinski definition) is 2. The zero-order valence-electron chi connectivity index (χ0n) is 24.4. The van der Waals surface area contributed by atoms with Crippen molar-refractivity contribution in [3.8, 4) is 11.5 Å². The highest BCUT2D eigenvalue weighted by molar-refractivity contribution is 6.47. The standard InChI is InChI=1S/C32H43BN2O5/c1-20(2)15-29(33-39-28-18-23-17-27(31(23,3)4)32(28,5)40-33)35-30(37)22(19-34)16-26(36)21-11-13-25(14-12-21)38-24-9-7-6-8-10-24/h6-14,20,22-23,27-29H,15-19,34H2,1-5H3,(H,35,37)/t22-,23+,27+,28+,29-,32-/m0/s1. The average molecular weight is 547 g/mol. The Morgan fingerprint density at radius 2 is 1.73 bits per heavy atom. The minimum atomic E-state index is -0.645. The van der Waals surface area contributed by atoms with Crippen molar-refractivity contribution in [3.63, 3.8) is 0 Å². The summed E-state index contributed by atoms with van der Waals surface area (Å²) in [5.74, 6) is 1.47. The lowest BCUT2D eigenvalue weighted by atomic mass is 9.43. The van der Waals surface area contributed by atoms with Gasteiger partial charge in [0.05, 0.1) is 23.6 Å². The summed E-state index contributed by atoms with van der Waals surface area (Å²) in [6, 6.07) is 16.4. The van der Waals surface area contributed by atoms with Gasteiger partial charge in [0.25, 0.3) is 0 Å². The summed E-state index contributed by atoms with van der Waals surface area (Å²) in [5, 5.41) is 3.17. The minimum absolute atomic E-state index is 0.0281. The number of nitrogens with two attached hydrogens (primary N) is 1. The van der Waals surface area contributed by atoms with E-state index in [0.29, 0.717) is 35.5 Å². The second-order valence-corrected chi connectivity index (χ2v) is 13.1. The number of nitrogens with one attached hydrogen (secondary N) is 1. The lowest BCUT2D eigenvalue weighted by molar-refractivity contribution is -0.199. The van der Waals surface area contributed by atoms with E-state index < -0.39 is 13.0 Å². The Morgan fingerprint density at radius 1 is 1.05 bits per heavy atom. The van der Waals surface area contributed by atoms with E-state index in [1.54, 1.807) is 24.3 Å². The van der Waals surface area contributed by atoms with Crippen LogP contribution in [0.25, 0.3) is 0 Å². The highest BCUT2D eigenvalue weighted by Crippen LogP contribution is 2.65. The number of amides is 1. The van der Waals surface area contributed by atoms with Gasteiger partial charge in [-0.25, -0.2) is 0 Å². The number of carbonyl (C=O) groups excluding carboxylic acids is 2. The molecule has 6 rings (SSSR count). The van der Waals surface area contributed by atoms with E-state index in [1.807, 2.05) is 30.3 Å². The van der Waals surface area contributed by atoms with Crippen LogP contribution >= 0.6 is 0 Å². The van der Waals surface area contributed by atoms with Crippen LogP contribution in [0.2, 0.25) is 0 Å². The van der Waals surface area contributed by atoms with Crippen LogP contribution < -0.4 is 15.8 Å². The quantitative estimate of drug-likeness (QED) is 0.288. The summed E-state index contributed by atoms with van der Waals surface area (Å²) in [4.78, 5) is 26.5. The smallest absolute Gasteiger partial charge is 0.457 e. The molecule has 2 bridgehead atoms. The molecule has 2 aromatic rings. The summed E-state index contributed by atoms with van der Waals surface area (Å²) in [7, 11) is -0.511.